The molecule has 0 saturated carbocycles. The second-order valence-electron chi connectivity index (χ2n) is 15.9. The van der Waals surface area contributed by atoms with E-state index in [1.54, 1.807) is 0 Å². The number of hydrogen-bond donors (Lipinski definition) is 0. The molecule has 0 saturated heterocycles. The second kappa shape index (κ2) is 14.6. The average Bonchev–Trinajstić information content (AvgIpc) is 3.20. The van der Waals surface area contributed by atoms with Gasteiger partial charge in [0, 0.05) is 0 Å². The molecule has 0 N–H and O–H groups in total. The predicted octanol–water partition coefficient (Wildman–Crippen LogP) is 9.55. The molecule has 4 aromatic rings. The van der Waals surface area contributed by atoms with Crippen LogP contribution in [0, 0.1) is 13.8 Å². The van der Waals surface area contributed by atoms with Gasteiger partial charge in [0.15, 0.2) is 0 Å². The van der Waals surface area contributed by atoms with Gasteiger partial charge in [0.25, 0.3) is 0 Å². The van der Waals surface area contributed by atoms with Crippen LogP contribution in [0.3, 0.4) is 0 Å². The van der Waals surface area contributed by atoms with Crippen LogP contribution in [0.1, 0.15) is 163 Å². The van der Waals surface area contributed by atoms with E-state index < -0.39 is 7.40 Å². The molecule has 3 aromatic carbocycles. The zero-order chi connectivity index (χ0) is 35.2. The second-order valence-corrected chi connectivity index (χ2v) is 20.7. The number of aromatic nitrogens is 2. The van der Waals surface area contributed by atoms with Crippen molar-refractivity contribution in [3.8, 4) is 22.3 Å². The molecule has 4 rings (SSSR count). The summed E-state index contributed by atoms with van der Waals surface area (Å²) < 4.78 is 4.93. The Kier molecular flexibility index (Phi) is 11.6. The van der Waals surface area contributed by atoms with Crippen LogP contribution in [0.2, 0.25) is 0 Å². The summed E-state index contributed by atoms with van der Waals surface area (Å²) >= 11 is 3.90. The molecule has 0 unspecified atom stereocenters. The SMILES string of the molecule is Cc1c(C)[n+](C)c([Si@@H]([Se-])c2c(-c3c(C(C)C)cc(C(C)C)cc3C(C)C)cccc2-c2c(C(C)C)cc(C(C)C)cc2C(C)C)n1C. The Morgan fingerprint density at radius 2 is 0.936 bits per heavy atom. The van der Waals surface area contributed by atoms with Gasteiger partial charge in [-0.05, 0) is 0 Å². The molecule has 2 nitrogen and oxygen atoms in total. The molecule has 0 aliphatic heterocycles. The Balaban J connectivity index is 2.30. The van der Waals surface area contributed by atoms with Crippen molar-refractivity contribution in [2.24, 2.45) is 14.1 Å². The standard InChI is InChI=1S/C43H62N2SeSi/c1-24(2)32-20-36(26(5)6)40(37(21-32)27(7)8)34-18-17-19-35(42(34)47(46)43-44(15)30(13)31(14)45(43)16)41-38(28(9)10)22-33(25(3)4)23-39(41)29(11)12/h17-29,47H,1-16H3/t47-/m0/s1. The van der Waals surface area contributed by atoms with Gasteiger partial charge in [-0.3, -0.25) is 0 Å². The van der Waals surface area contributed by atoms with Gasteiger partial charge in [-0.1, -0.05) is 0 Å². The molecule has 1 heterocycles. The van der Waals surface area contributed by atoms with Gasteiger partial charge in [-0.25, -0.2) is 0 Å². The van der Waals surface area contributed by atoms with Crippen LogP contribution in [0.15, 0.2) is 42.5 Å². The van der Waals surface area contributed by atoms with Crippen molar-refractivity contribution < 1.29 is 4.57 Å². The molecule has 0 radical (unpaired) electrons. The van der Waals surface area contributed by atoms with Crippen LogP contribution in [-0.4, -0.2) is 27.3 Å². The third kappa shape index (κ3) is 7.03. The van der Waals surface area contributed by atoms with Gasteiger partial charge in [-0.15, -0.1) is 0 Å². The van der Waals surface area contributed by atoms with E-state index in [9.17, 15) is 0 Å². The van der Waals surface area contributed by atoms with Crippen LogP contribution < -0.4 is 15.2 Å². The van der Waals surface area contributed by atoms with Crippen molar-refractivity contribution in [2.45, 2.75) is 132 Å². The minimum atomic E-state index is -1.89. The summed E-state index contributed by atoms with van der Waals surface area (Å²) in [5.41, 5.74) is 18.7. The zero-order valence-corrected chi connectivity index (χ0v) is 35.3. The molecular formula is C43H62N2SeSi. The van der Waals surface area contributed by atoms with E-state index >= 15 is 0 Å². The fraction of sp³-hybridized carbons (Fsp3) is 0.512. The van der Waals surface area contributed by atoms with E-state index in [1.807, 2.05) is 0 Å². The van der Waals surface area contributed by atoms with E-state index in [0.717, 1.165) is 0 Å². The summed E-state index contributed by atoms with van der Waals surface area (Å²) in [6.07, 6.45) is 0. The van der Waals surface area contributed by atoms with Gasteiger partial charge in [-0.2, -0.15) is 0 Å². The van der Waals surface area contributed by atoms with Crippen LogP contribution in [0.5, 0.6) is 0 Å². The molecule has 254 valence electrons. The number of rotatable bonds is 10. The normalized spacial score (nSPS) is 13.0. The van der Waals surface area contributed by atoms with Gasteiger partial charge in [0.05, 0.1) is 0 Å². The van der Waals surface area contributed by atoms with Crippen molar-refractivity contribution >= 4 is 33.4 Å². The Bertz CT molecular complexity index is 1570. The Hall–Kier alpha value is -2.39. The Labute approximate surface area is 297 Å². The van der Waals surface area contributed by atoms with Crippen molar-refractivity contribution in [3.63, 3.8) is 0 Å². The summed E-state index contributed by atoms with van der Waals surface area (Å²) in [5.74, 6) is 2.63. The number of hydrogen-bond acceptors (Lipinski definition) is 0. The first-order valence-corrected chi connectivity index (χ1v) is 22.7. The van der Waals surface area contributed by atoms with Crippen molar-refractivity contribution in [1.29, 1.82) is 0 Å². The van der Waals surface area contributed by atoms with Gasteiger partial charge >= 0.3 is 299 Å². The monoisotopic (exact) mass is 714 g/mol. The Morgan fingerprint density at radius 3 is 1.19 bits per heavy atom. The molecule has 0 bridgehead atoms. The maximum atomic E-state index is 3.90. The molecule has 1 aromatic heterocycles. The quantitative estimate of drug-likeness (QED) is 0.114. The van der Waals surface area contributed by atoms with Gasteiger partial charge in [0.1, 0.15) is 0 Å². The fourth-order valence-electron chi connectivity index (χ4n) is 7.35. The van der Waals surface area contributed by atoms with Crippen LogP contribution in [-0.2, 0) is 14.1 Å². The topological polar surface area (TPSA) is 8.81 Å². The predicted molar refractivity (Wildman–Crippen MR) is 210 cm³/mol. The average molecular weight is 714 g/mol. The summed E-state index contributed by atoms with van der Waals surface area (Å²) in [6.45, 7) is 32.9. The maximum absolute atomic E-state index is 3.90. The third-order valence-corrected chi connectivity index (χ3v) is 15.8. The molecule has 0 spiro atoms. The van der Waals surface area contributed by atoms with Crippen molar-refractivity contribution in [3.05, 3.63) is 87.2 Å². The van der Waals surface area contributed by atoms with E-state index in [0.29, 0.717) is 35.5 Å². The van der Waals surface area contributed by atoms with Gasteiger partial charge < -0.3 is 0 Å². The van der Waals surface area contributed by atoms with Crippen molar-refractivity contribution in [1.82, 2.24) is 4.57 Å². The molecule has 0 aliphatic rings. The van der Waals surface area contributed by atoms with Crippen LogP contribution >= 0.6 is 0 Å². The molecule has 0 aliphatic carbocycles. The van der Waals surface area contributed by atoms with Crippen LogP contribution in [0.25, 0.3) is 22.3 Å². The molecule has 1 atom stereocenters. The number of benzene rings is 3. The number of imidazole rings is 1. The summed E-state index contributed by atoms with van der Waals surface area (Å²) in [7, 11) is 2.64. The zero-order valence-electron chi connectivity index (χ0n) is 32.4. The molecule has 0 fully saturated rings. The number of nitrogens with zero attached hydrogens (tertiary/aromatic N) is 2. The summed E-state index contributed by atoms with van der Waals surface area (Å²) in [6, 6.07) is 17.4. The summed E-state index contributed by atoms with van der Waals surface area (Å²) in [5, 5.41) is 1.53. The van der Waals surface area contributed by atoms with E-state index in [2.05, 4.69) is 178 Å². The molecule has 0 amide bonds. The summed E-state index contributed by atoms with van der Waals surface area (Å²) in [4.78, 5) is 0. The first-order chi connectivity index (χ1) is 21.9. The molecule has 47 heavy (non-hydrogen) atoms. The molecular weight excluding hydrogens is 652 g/mol. The first-order valence-electron chi connectivity index (χ1n) is 18.1. The fourth-order valence-corrected chi connectivity index (χ4v) is 13.3. The third-order valence-electron chi connectivity index (χ3n) is 10.6. The van der Waals surface area contributed by atoms with E-state index in [4.69, 9.17) is 0 Å². The Morgan fingerprint density at radius 1 is 0.596 bits per heavy atom. The first kappa shape index (κ1) is 37.4. The van der Waals surface area contributed by atoms with E-state index in [1.165, 1.54) is 77.7 Å². The molecule has 4 heteroatoms. The van der Waals surface area contributed by atoms with Crippen molar-refractivity contribution in [2.75, 3.05) is 0 Å². The van der Waals surface area contributed by atoms with Gasteiger partial charge in [0.2, 0.25) is 0 Å². The van der Waals surface area contributed by atoms with E-state index in [-0.39, 0.29) is 0 Å². The minimum absolute atomic E-state index is 0.414. The van der Waals surface area contributed by atoms with Crippen LogP contribution in [0.4, 0.5) is 0 Å².